The molecule has 0 bridgehead atoms. The average molecular weight is 717 g/mol. The Bertz CT molecular complexity index is 1700. The minimum Gasteiger partial charge on any atom is -0.489 e. The van der Waals surface area contributed by atoms with Gasteiger partial charge in [0.05, 0.1) is 30.5 Å². The van der Waals surface area contributed by atoms with E-state index in [9.17, 15) is 19.5 Å². The molecule has 2 amide bonds. The van der Waals surface area contributed by atoms with Crippen LogP contribution in [0.15, 0.2) is 141 Å². The Morgan fingerprint density at radius 3 is 1.81 bits per heavy atom. The fourth-order valence-corrected chi connectivity index (χ4v) is 6.09. The number of carbonyl (C=O) groups excluding carboxylic acids is 3. The Hall–Kier alpha value is -5.47. The number of aliphatic hydroxyl groups excluding tert-OH is 1. The van der Waals surface area contributed by atoms with E-state index in [1.807, 2.05) is 115 Å². The minimum atomic E-state index is -0.708. The van der Waals surface area contributed by atoms with Crippen LogP contribution in [0.25, 0.3) is 0 Å². The van der Waals surface area contributed by atoms with Crippen LogP contribution >= 0.6 is 0 Å². The molecule has 53 heavy (non-hydrogen) atoms. The van der Waals surface area contributed by atoms with Gasteiger partial charge in [0.15, 0.2) is 0 Å². The van der Waals surface area contributed by atoms with Crippen molar-refractivity contribution in [3.63, 3.8) is 0 Å². The van der Waals surface area contributed by atoms with Gasteiger partial charge < -0.3 is 25.2 Å². The van der Waals surface area contributed by atoms with Crippen molar-refractivity contribution in [1.82, 2.24) is 10.6 Å². The van der Waals surface area contributed by atoms with Gasteiger partial charge in [0.2, 0.25) is 11.8 Å². The summed E-state index contributed by atoms with van der Waals surface area (Å²) in [6.45, 7) is 7.79. The quantitative estimate of drug-likeness (QED) is 0.0565. The van der Waals surface area contributed by atoms with E-state index in [-0.39, 0.29) is 49.8 Å². The summed E-state index contributed by atoms with van der Waals surface area (Å²) in [5.74, 6) is -1.36. The standard InChI is InChI=1S/C45H52N2O6/c1-3-5-22-39(27-34-16-9-6-10-17-34)45(51)53-33-41(29-35-18-11-7-12-19-35)47-44(50)38(15-4-2)30-43(49)46-40(31-48)28-36-23-25-42(26-24-36)52-32-37-20-13-8-14-21-37/h3-4,6-14,16-21,23-26,38-41,48H,1-2,5,15,22,27-33H2,(H,46,49)(H,47,50). The van der Waals surface area contributed by atoms with Crippen molar-refractivity contribution in [2.24, 2.45) is 11.8 Å². The van der Waals surface area contributed by atoms with Gasteiger partial charge in [-0.2, -0.15) is 0 Å². The third kappa shape index (κ3) is 14.6. The highest BCUT2D eigenvalue weighted by atomic mass is 16.5. The molecule has 0 aliphatic rings. The molecule has 0 aromatic heterocycles. The number of hydrogen-bond acceptors (Lipinski definition) is 6. The summed E-state index contributed by atoms with van der Waals surface area (Å²) in [5, 5.41) is 16.0. The van der Waals surface area contributed by atoms with E-state index in [4.69, 9.17) is 9.47 Å². The molecule has 4 unspecified atom stereocenters. The van der Waals surface area contributed by atoms with Crippen LogP contribution < -0.4 is 15.4 Å². The van der Waals surface area contributed by atoms with Crippen molar-refractivity contribution in [2.75, 3.05) is 13.2 Å². The molecule has 4 aromatic rings. The third-order valence-electron chi connectivity index (χ3n) is 8.97. The van der Waals surface area contributed by atoms with E-state index in [1.165, 1.54) is 0 Å². The number of benzene rings is 4. The number of rotatable bonds is 23. The van der Waals surface area contributed by atoms with E-state index in [2.05, 4.69) is 23.8 Å². The van der Waals surface area contributed by atoms with E-state index >= 15 is 0 Å². The normalized spacial score (nSPS) is 13.1. The summed E-state index contributed by atoms with van der Waals surface area (Å²) in [6, 6.07) is 35.9. The van der Waals surface area contributed by atoms with Crippen LogP contribution in [-0.2, 0) is 45.0 Å². The smallest absolute Gasteiger partial charge is 0.309 e. The number of ether oxygens (including phenoxy) is 2. The summed E-state index contributed by atoms with van der Waals surface area (Å²) in [7, 11) is 0. The molecule has 4 atom stereocenters. The second kappa shape index (κ2) is 22.5. The maximum atomic E-state index is 13.7. The summed E-state index contributed by atoms with van der Waals surface area (Å²) < 4.78 is 11.7. The highest BCUT2D eigenvalue weighted by Gasteiger charge is 2.27. The fourth-order valence-electron chi connectivity index (χ4n) is 6.09. The lowest BCUT2D eigenvalue weighted by Crippen LogP contribution is -2.45. The van der Waals surface area contributed by atoms with Gasteiger partial charge in [0.25, 0.3) is 0 Å². The molecule has 0 fully saturated rings. The van der Waals surface area contributed by atoms with Crippen molar-refractivity contribution in [3.05, 3.63) is 163 Å². The number of esters is 1. The molecule has 0 heterocycles. The first-order valence-electron chi connectivity index (χ1n) is 18.3. The zero-order valence-corrected chi connectivity index (χ0v) is 30.4. The van der Waals surface area contributed by atoms with Gasteiger partial charge in [-0.3, -0.25) is 14.4 Å². The van der Waals surface area contributed by atoms with Crippen LogP contribution in [0.5, 0.6) is 5.75 Å². The van der Waals surface area contributed by atoms with Crippen molar-refractivity contribution in [1.29, 1.82) is 0 Å². The maximum Gasteiger partial charge on any atom is 0.309 e. The summed E-state index contributed by atoms with van der Waals surface area (Å²) in [6.07, 6.45) is 6.25. The van der Waals surface area contributed by atoms with Crippen LogP contribution in [-0.4, -0.2) is 48.2 Å². The SMILES string of the molecule is C=CCCC(Cc1ccccc1)C(=O)OCC(Cc1ccccc1)NC(=O)C(CC=C)CC(=O)NC(CO)Cc1ccc(OCc2ccccc2)cc1. The zero-order valence-electron chi connectivity index (χ0n) is 30.4. The maximum absolute atomic E-state index is 13.7. The molecule has 4 rings (SSSR count). The molecule has 8 nitrogen and oxygen atoms in total. The molecule has 278 valence electrons. The first-order chi connectivity index (χ1) is 25.9. The summed E-state index contributed by atoms with van der Waals surface area (Å²) in [4.78, 5) is 40.3. The highest BCUT2D eigenvalue weighted by molar-refractivity contribution is 5.86. The van der Waals surface area contributed by atoms with E-state index in [0.717, 1.165) is 28.0 Å². The molecule has 8 heteroatoms. The van der Waals surface area contributed by atoms with E-state index < -0.39 is 18.0 Å². The molecule has 0 aliphatic carbocycles. The van der Waals surface area contributed by atoms with E-state index in [1.54, 1.807) is 12.2 Å². The number of nitrogens with one attached hydrogen (secondary N) is 2. The van der Waals surface area contributed by atoms with Gasteiger partial charge >= 0.3 is 5.97 Å². The van der Waals surface area contributed by atoms with Crippen LogP contribution in [0.2, 0.25) is 0 Å². The van der Waals surface area contributed by atoms with Crippen LogP contribution in [0.4, 0.5) is 0 Å². The number of allylic oxidation sites excluding steroid dienone is 2. The van der Waals surface area contributed by atoms with Gasteiger partial charge in [-0.05, 0) is 72.9 Å². The fraction of sp³-hybridized carbons (Fsp3) is 0.311. The monoisotopic (exact) mass is 716 g/mol. The lowest BCUT2D eigenvalue weighted by Gasteiger charge is -2.24. The van der Waals surface area contributed by atoms with Crippen LogP contribution in [0, 0.1) is 11.8 Å². The topological polar surface area (TPSA) is 114 Å². The van der Waals surface area contributed by atoms with Crippen molar-refractivity contribution in [2.45, 2.75) is 63.6 Å². The van der Waals surface area contributed by atoms with Gasteiger partial charge in [-0.1, -0.05) is 115 Å². The van der Waals surface area contributed by atoms with Crippen molar-refractivity contribution < 1.29 is 29.0 Å². The number of carbonyl (C=O) groups is 3. The lowest BCUT2D eigenvalue weighted by molar-refractivity contribution is -0.150. The summed E-state index contributed by atoms with van der Waals surface area (Å²) >= 11 is 0. The van der Waals surface area contributed by atoms with Gasteiger partial charge in [0, 0.05) is 6.42 Å². The molecule has 0 radical (unpaired) electrons. The first-order valence-corrected chi connectivity index (χ1v) is 18.3. The molecule has 0 aliphatic heterocycles. The largest absolute Gasteiger partial charge is 0.489 e. The Labute approximate surface area is 313 Å². The Balaban J connectivity index is 1.34. The third-order valence-corrected chi connectivity index (χ3v) is 8.97. The number of amides is 2. The van der Waals surface area contributed by atoms with E-state index in [0.29, 0.717) is 38.7 Å². The summed E-state index contributed by atoms with van der Waals surface area (Å²) in [5.41, 5.74) is 4.01. The molecule has 0 spiro atoms. The van der Waals surface area contributed by atoms with Crippen LogP contribution in [0.3, 0.4) is 0 Å². The molecule has 0 saturated heterocycles. The predicted octanol–water partition coefficient (Wildman–Crippen LogP) is 6.96. The van der Waals surface area contributed by atoms with Gasteiger partial charge in [-0.25, -0.2) is 0 Å². The Kier molecular flexibility index (Phi) is 17.1. The predicted molar refractivity (Wildman–Crippen MR) is 209 cm³/mol. The Morgan fingerprint density at radius 1 is 0.660 bits per heavy atom. The zero-order chi connectivity index (χ0) is 37.7. The van der Waals surface area contributed by atoms with Crippen molar-refractivity contribution >= 4 is 17.8 Å². The first kappa shape index (κ1) is 40.3. The van der Waals surface area contributed by atoms with Gasteiger partial charge in [0.1, 0.15) is 19.0 Å². The van der Waals surface area contributed by atoms with Gasteiger partial charge in [-0.15, -0.1) is 13.2 Å². The molecule has 0 saturated carbocycles. The average Bonchev–Trinajstić information content (AvgIpc) is 3.18. The number of hydrogen-bond donors (Lipinski definition) is 3. The second-order valence-corrected chi connectivity index (χ2v) is 13.3. The molecular weight excluding hydrogens is 665 g/mol. The Morgan fingerprint density at radius 2 is 1.23 bits per heavy atom. The van der Waals surface area contributed by atoms with Crippen LogP contribution in [0.1, 0.15) is 47.9 Å². The number of aliphatic hydroxyl groups is 1. The lowest BCUT2D eigenvalue weighted by atomic mass is 9.95. The molecule has 4 aromatic carbocycles. The highest BCUT2D eigenvalue weighted by Crippen LogP contribution is 2.19. The molecule has 3 N–H and O–H groups in total. The molecular formula is C45H52N2O6. The minimum absolute atomic E-state index is 0.0193. The van der Waals surface area contributed by atoms with Crippen molar-refractivity contribution in [3.8, 4) is 5.75 Å². The second-order valence-electron chi connectivity index (χ2n) is 13.3.